The van der Waals surface area contributed by atoms with Crippen molar-refractivity contribution in [2.45, 2.75) is 13.0 Å². The molecule has 170 valence electrons. The van der Waals surface area contributed by atoms with Gasteiger partial charge in [0.1, 0.15) is 12.2 Å². The van der Waals surface area contributed by atoms with Crippen molar-refractivity contribution in [3.63, 3.8) is 0 Å². The molecule has 33 heavy (non-hydrogen) atoms. The molecule has 2 aromatic carbocycles. The van der Waals surface area contributed by atoms with Crippen molar-refractivity contribution >= 4 is 29.0 Å². The van der Waals surface area contributed by atoms with Crippen molar-refractivity contribution in [3.8, 4) is 6.07 Å². The first-order valence-electron chi connectivity index (χ1n) is 10.7. The molecular weight excluding hydrogens is 418 g/mol. The number of para-hydroxylation sites is 1. The highest BCUT2D eigenvalue weighted by Gasteiger charge is 2.03. The number of hydrogen-bond acceptors (Lipinski definition) is 8. The maximum Gasteiger partial charge on any atom is 0.238 e. The Balaban J connectivity index is 0.000000442. The van der Waals surface area contributed by atoms with E-state index in [2.05, 4.69) is 31.2 Å². The molecule has 0 radical (unpaired) electrons. The number of amides is 1. The Bertz CT molecular complexity index is 1040. The molecule has 2 heterocycles. The molecule has 3 aromatic rings. The van der Waals surface area contributed by atoms with Gasteiger partial charge in [-0.1, -0.05) is 30.3 Å². The van der Waals surface area contributed by atoms with E-state index in [1.807, 2.05) is 54.6 Å². The zero-order valence-electron chi connectivity index (χ0n) is 18.3. The number of aromatic nitrogens is 2. The Hall–Kier alpha value is -4.00. The monoisotopic (exact) mass is 445 g/mol. The average Bonchev–Trinajstić information content (AvgIpc) is 2.86. The normalized spacial score (nSPS) is 12.5. The Labute approximate surface area is 193 Å². The van der Waals surface area contributed by atoms with E-state index >= 15 is 0 Å². The Morgan fingerprint density at radius 3 is 2.55 bits per heavy atom. The first-order chi connectivity index (χ1) is 16.2. The molecule has 4 N–H and O–H groups in total. The van der Waals surface area contributed by atoms with E-state index in [9.17, 15) is 4.79 Å². The Morgan fingerprint density at radius 1 is 1.06 bits per heavy atom. The first-order valence-corrected chi connectivity index (χ1v) is 10.7. The van der Waals surface area contributed by atoms with Gasteiger partial charge >= 0.3 is 0 Å². The van der Waals surface area contributed by atoms with Gasteiger partial charge in [-0.05, 0) is 35.9 Å². The van der Waals surface area contributed by atoms with Crippen molar-refractivity contribution in [2.75, 3.05) is 42.3 Å². The molecule has 0 aliphatic carbocycles. The van der Waals surface area contributed by atoms with Crippen molar-refractivity contribution in [1.29, 1.82) is 5.26 Å². The summed E-state index contributed by atoms with van der Waals surface area (Å²) < 4.78 is 5.01. The smallest absolute Gasteiger partial charge is 0.238 e. The lowest BCUT2D eigenvalue weighted by atomic mass is 10.2. The largest absolute Gasteiger partial charge is 0.379 e. The number of ether oxygens (including phenoxy) is 1. The fourth-order valence-electron chi connectivity index (χ4n) is 2.91. The molecule has 1 fully saturated rings. The van der Waals surface area contributed by atoms with E-state index in [1.54, 1.807) is 18.3 Å². The van der Waals surface area contributed by atoms with Crippen LogP contribution in [-0.4, -0.2) is 42.2 Å². The van der Waals surface area contributed by atoms with Crippen LogP contribution in [0.3, 0.4) is 0 Å². The fourth-order valence-corrected chi connectivity index (χ4v) is 2.91. The van der Waals surface area contributed by atoms with Crippen LogP contribution in [0.4, 0.5) is 23.1 Å². The molecule has 1 amide bonds. The van der Waals surface area contributed by atoms with Gasteiger partial charge in [-0.2, -0.15) is 10.2 Å². The summed E-state index contributed by atoms with van der Waals surface area (Å²) in [4.78, 5) is 20.2. The summed E-state index contributed by atoms with van der Waals surface area (Å²) in [6, 6.07) is 20.7. The summed E-state index contributed by atoms with van der Waals surface area (Å²) in [5.74, 6) is 0.862. The SMILES string of the molecule is C1COCCN1.N#CCC(=O)Nc1cccc(CNc2ccnc(Nc3ccccc3)n2)c1. The van der Waals surface area contributed by atoms with E-state index < -0.39 is 0 Å². The summed E-state index contributed by atoms with van der Waals surface area (Å²) in [5.41, 5.74) is 2.54. The maximum atomic E-state index is 11.5. The number of carbonyl (C=O) groups is 1. The first kappa shape index (κ1) is 23.7. The van der Waals surface area contributed by atoms with Crippen LogP contribution in [0.2, 0.25) is 0 Å². The lowest BCUT2D eigenvalue weighted by Crippen LogP contribution is -2.30. The second-order valence-corrected chi connectivity index (χ2v) is 7.06. The summed E-state index contributed by atoms with van der Waals surface area (Å²) in [6.45, 7) is 4.36. The highest BCUT2D eigenvalue weighted by molar-refractivity contribution is 5.92. The van der Waals surface area contributed by atoms with E-state index in [0.717, 1.165) is 37.6 Å². The number of benzene rings is 2. The third-order valence-electron chi connectivity index (χ3n) is 4.46. The molecule has 0 atom stereocenters. The van der Waals surface area contributed by atoms with Gasteiger partial charge in [-0.25, -0.2) is 4.98 Å². The van der Waals surface area contributed by atoms with Crippen molar-refractivity contribution in [1.82, 2.24) is 15.3 Å². The third-order valence-corrected chi connectivity index (χ3v) is 4.46. The minimum absolute atomic E-state index is 0.166. The number of nitriles is 1. The third kappa shape index (κ3) is 8.95. The van der Waals surface area contributed by atoms with Crippen LogP contribution < -0.4 is 21.3 Å². The highest BCUT2D eigenvalue weighted by atomic mass is 16.5. The molecule has 1 aliphatic heterocycles. The van der Waals surface area contributed by atoms with Gasteiger partial charge in [0.15, 0.2) is 0 Å². The highest BCUT2D eigenvalue weighted by Crippen LogP contribution is 2.15. The molecule has 1 aromatic heterocycles. The van der Waals surface area contributed by atoms with Gasteiger partial charge in [-0.3, -0.25) is 4.79 Å². The maximum absolute atomic E-state index is 11.5. The lowest BCUT2D eigenvalue weighted by molar-refractivity contribution is -0.115. The van der Waals surface area contributed by atoms with Gasteiger partial charge in [-0.15, -0.1) is 0 Å². The van der Waals surface area contributed by atoms with Gasteiger partial charge in [0.25, 0.3) is 0 Å². The molecular formula is C24H27N7O2. The lowest BCUT2D eigenvalue weighted by Gasteiger charge is -2.10. The van der Waals surface area contributed by atoms with Gasteiger partial charge in [0.2, 0.25) is 11.9 Å². The predicted octanol–water partition coefficient (Wildman–Crippen LogP) is 3.29. The van der Waals surface area contributed by atoms with Gasteiger partial charge in [0, 0.05) is 37.2 Å². The van der Waals surface area contributed by atoms with Gasteiger partial charge in [0.05, 0.1) is 19.3 Å². The number of nitrogens with one attached hydrogen (secondary N) is 4. The second-order valence-electron chi connectivity index (χ2n) is 7.06. The zero-order valence-corrected chi connectivity index (χ0v) is 18.3. The second kappa shape index (κ2) is 13.4. The number of hydrogen-bond donors (Lipinski definition) is 4. The van der Waals surface area contributed by atoms with Crippen molar-refractivity contribution in [2.24, 2.45) is 0 Å². The summed E-state index contributed by atoms with van der Waals surface area (Å²) in [5, 5.41) is 20.8. The number of rotatable bonds is 7. The molecule has 0 saturated carbocycles. The van der Waals surface area contributed by atoms with E-state index in [1.165, 1.54) is 0 Å². The Kier molecular flexibility index (Phi) is 9.62. The van der Waals surface area contributed by atoms with E-state index in [4.69, 9.17) is 10.00 Å². The molecule has 4 rings (SSSR count). The standard InChI is InChI=1S/C20H18N6O.C4H9NO/c21-11-9-19(27)24-17-8-4-5-15(13-17)14-23-18-10-12-22-20(26-18)25-16-6-2-1-3-7-16;1-3-6-4-2-5-1/h1-8,10,12-13H,9,14H2,(H,24,27)(H2,22,23,25,26);5H,1-4H2. The number of anilines is 4. The van der Waals surface area contributed by atoms with E-state index in [-0.39, 0.29) is 12.3 Å². The molecule has 9 nitrogen and oxygen atoms in total. The minimum atomic E-state index is -0.324. The molecule has 0 bridgehead atoms. The van der Waals surface area contributed by atoms with Crippen LogP contribution in [0.5, 0.6) is 0 Å². The predicted molar refractivity (Wildman–Crippen MR) is 128 cm³/mol. The van der Waals surface area contributed by atoms with Crippen LogP contribution in [0, 0.1) is 11.3 Å². The van der Waals surface area contributed by atoms with Crippen LogP contribution in [-0.2, 0) is 16.1 Å². The zero-order chi connectivity index (χ0) is 23.1. The van der Waals surface area contributed by atoms with Crippen LogP contribution in [0.25, 0.3) is 0 Å². The summed E-state index contributed by atoms with van der Waals surface area (Å²) >= 11 is 0. The van der Waals surface area contributed by atoms with Gasteiger partial charge < -0.3 is 26.0 Å². The van der Waals surface area contributed by atoms with E-state index in [0.29, 0.717) is 24.0 Å². The van der Waals surface area contributed by atoms with Crippen LogP contribution in [0.15, 0.2) is 66.9 Å². The van der Waals surface area contributed by atoms with Crippen molar-refractivity contribution < 1.29 is 9.53 Å². The van der Waals surface area contributed by atoms with Crippen LogP contribution in [0.1, 0.15) is 12.0 Å². The Morgan fingerprint density at radius 2 is 1.85 bits per heavy atom. The summed E-state index contributed by atoms with van der Waals surface area (Å²) in [7, 11) is 0. The summed E-state index contributed by atoms with van der Waals surface area (Å²) in [6.07, 6.45) is 1.51. The quantitative estimate of drug-likeness (QED) is 0.437. The minimum Gasteiger partial charge on any atom is -0.379 e. The molecule has 9 heteroatoms. The molecule has 1 aliphatic rings. The van der Waals surface area contributed by atoms with Crippen LogP contribution >= 0.6 is 0 Å². The fraction of sp³-hybridized carbons (Fsp3) is 0.250. The average molecular weight is 446 g/mol. The van der Waals surface area contributed by atoms with Crippen molar-refractivity contribution in [3.05, 3.63) is 72.4 Å². The number of nitrogens with zero attached hydrogens (tertiary/aromatic N) is 3. The number of morpholine rings is 1. The topological polar surface area (TPSA) is 124 Å². The number of carbonyl (C=O) groups excluding carboxylic acids is 1. The molecule has 0 spiro atoms. The molecule has 0 unspecified atom stereocenters. The molecule has 1 saturated heterocycles.